The molecule has 1 saturated heterocycles. The molecule has 1 aliphatic rings. The molecule has 1 aromatic rings. The van der Waals surface area contributed by atoms with Crippen LogP contribution in [0.4, 0.5) is 0 Å². The third kappa shape index (κ3) is 3.64. The third-order valence-electron chi connectivity index (χ3n) is 3.38. The molecule has 0 aliphatic carbocycles. The molecule has 0 unspecified atom stereocenters. The molecule has 1 amide bonds. The highest BCUT2D eigenvalue weighted by Gasteiger charge is 2.26. The van der Waals surface area contributed by atoms with E-state index in [2.05, 4.69) is 0 Å². The van der Waals surface area contributed by atoms with Gasteiger partial charge < -0.3 is 14.4 Å². The van der Waals surface area contributed by atoms with Gasteiger partial charge in [0.1, 0.15) is 5.75 Å². The number of benzene rings is 1. The van der Waals surface area contributed by atoms with Crippen LogP contribution in [0.5, 0.6) is 5.75 Å². The summed E-state index contributed by atoms with van der Waals surface area (Å²) in [5, 5.41) is 0.699. The highest BCUT2D eigenvalue weighted by Crippen LogP contribution is 2.22. The third-order valence-corrected chi connectivity index (χ3v) is 3.80. The predicted octanol–water partition coefficient (Wildman–Crippen LogP) is 2.66. The first-order valence-electron chi connectivity index (χ1n) is 6.91. The minimum Gasteiger partial charge on any atom is -0.481 e. The van der Waals surface area contributed by atoms with E-state index in [-0.39, 0.29) is 5.91 Å². The fourth-order valence-corrected chi connectivity index (χ4v) is 2.27. The quantitative estimate of drug-likeness (QED) is 0.857. The van der Waals surface area contributed by atoms with E-state index in [0.29, 0.717) is 43.5 Å². The van der Waals surface area contributed by atoms with Crippen molar-refractivity contribution in [1.82, 2.24) is 4.90 Å². The Morgan fingerprint density at radius 1 is 1.45 bits per heavy atom. The van der Waals surface area contributed by atoms with E-state index in [1.807, 2.05) is 19.9 Å². The minimum absolute atomic E-state index is 0.0309. The lowest BCUT2D eigenvalue weighted by molar-refractivity contribution is -0.142. The number of carbonyl (C=O) groups is 1. The maximum atomic E-state index is 12.4. The molecular formula is C15H20ClNO3. The first kappa shape index (κ1) is 15.1. The number of rotatable bonds is 4. The molecule has 0 radical (unpaired) electrons. The topological polar surface area (TPSA) is 38.8 Å². The average Bonchev–Trinajstić information content (AvgIpc) is 2.48. The van der Waals surface area contributed by atoms with Crippen molar-refractivity contribution in [3.8, 4) is 5.75 Å². The molecule has 1 aliphatic heterocycles. The molecule has 0 saturated carbocycles. The lowest BCUT2D eigenvalue weighted by Crippen LogP contribution is -2.47. The molecule has 0 N–H and O–H groups in total. The Hall–Kier alpha value is -1.26. The second kappa shape index (κ2) is 6.95. The molecule has 110 valence electrons. The van der Waals surface area contributed by atoms with Gasteiger partial charge in [0.15, 0.2) is 6.10 Å². The molecule has 0 aromatic heterocycles. The van der Waals surface area contributed by atoms with Crippen molar-refractivity contribution in [3.63, 3.8) is 0 Å². The Bertz CT molecular complexity index is 472. The zero-order valence-electron chi connectivity index (χ0n) is 11.9. The molecule has 5 heteroatoms. The summed E-state index contributed by atoms with van der Waals surface area (Å²) < 4.78 is 11.1. The Kier molecular flexibility index (Phi) is 5.26. The van der Waals surface area contributed by atoms with Gasteiger partial charge in [0.05, 0.1) is 13.2 Å². The molecule has 1 heterocycles. The Labute approximate surface area is 124 Å². The van der Waals surface area contributed by atoms with E-state index in [0.717, 1.165) is 5.56 Å². The van der Waals surface area contributed by atoms with Crippen LogP contribution in [0.1, 0.15) is 18.9 Å². The second-order valence-electron chi connectivity index (χ2n) is 4.86. The van der Waals surface area contributed by atoms with E-state index in [1.165, 1.54) is 0 Å². The van der Waals surface area contributed by atoms with E-state index in [4.69, 9.17) is 21.1 Å². The molecule has 1 fully saturated rings. The van der Waals surface area contributed by atoms with Crippen molar-refractivity contribution in [1.29, 1.82) is 0 Å². The van der Waals surface area contributed by atoms with Crippen LogP contribution in [0.15, 0.2) is 18.2 Å². The SMILES string of the molecule is CC[C@@H](Oc1ccc(Cl)c(C)c1)C(=O)N1CCOCC1. The zero-order chi connectivity index (χ0) is 14.5. The summed E-state index contributed by atoms with van der Waals surface area (Å²) in [6.45, 7) is 6.34. The number of carbonyl (C=O) groups excluding carboxylic acids is 1. The Morgan fingerprint density at radius 3 is 2.75 bits per heavy atom. The van der Waals surface area contributed by atoms with E-state index < -0.39 is 6.10 Å². The normalized spacial score (nSPS) is 16.9. The van der Waals surface area contributed by atoms with Crippen LogP contribution in [0.3, 0.4) is 0 Å². The van der Waals surface area contributed by atoms with Crippen molar-refractivity contribution < 1.29 is 14.3 Å². The van der Waals surface area contributed by atoms with Crippen LogP contribution in [0.2, 0.25) is 5.02 Å². The number of ether oxygens (including phenoxy) is 2. The summed E-state index contributed by atoms with van der Waals surface area (Å²) in [5.41, 5.74) is 0.942. The van der Waals surface area contributed by atoms with Crippen molar-refractivity contribution >= 4 is 17.5 Å². The highest BCUT2D eigenvalue weighted by atomic mass is 35.5. The number of nitrogens with zero attached hydrogens (tertiary/aromatic N) is 1. The number of hydrogen-bond donors (Lipinski definition) is 0. The number of morpholine rings is 1. The van der Waals surface area contributed by atoms with Crippen molar-refractivity contribution in [2.24, 2.45) is 0 Å². The maximum absolute atomic E-state index is 12.4. The largest absolute Gasteiger partial charge is 0.481 e. The smallest absolute Gasteiger partial charge is 0.263 e. The van der Waals surface area contributed by atoms with Crippen molar-refractivity contribution in [2.75, 3.05) is 26.3 Å². The van der Waals surface area contributed by atoms with Gasteiger partial charge in [-0.15, -0.1) is 0 Å². The molecule has 1 aromatic carbocycles. The second-order valence-corrected chi connectivity index (χ2v) is 5.27. The summed E-state index contributed by atoms with van der Waals surface area (Å²) in [7, 11) is 0. The summed E-state index contributed by atoms with van der Waals surface area (Å²) in [6.07, 6.45) is 0.186. The number of amides is 1. The van der Waals surface area contributed by atoms with Crippen LogP contribution in [0, 0.1) is 6.92 Å². The van der Waals surface area contributed by atoms with Crippen LogP contribution >= 0.6 is 11.6 Å². The fourth-order valence-electron chi connectivity index (χ4n) is 2.15. The first-order chi connectivity index (χ1) is 9.61. The molecule has 2 rings (SSSR count). The monoisotopic (exact) mass is 297 g/mol. The molecule has 0 bridgehead atoms. The van der Waals surface area contributed by atoms with Crippen molar-refractivity contribution in [3.05, 3.63) is 28.8 Å². The van der Waals surface area contributed by atoms with Crippen LogP contribution in [-0.4, -0.2) is 43.2 Å². The van der Waals surface area contributed by atoms with E-state index >= 15 is 0 Å². The number of hydrogen-bond acceptors (Lipinski definition) is 3. The summed E-state index contributed by atoms with van der Waals surface area (Å²) in [4.78, 5) is 14.2. The number of halogens is 1. The molecule has 1 atom stereocenters. The molecule has 4 nitrogen and oxygen atoms in total. The lowest BCUT2D eigenvalue weighted by atomic mass is 10.2. The maximum Gasteiger partial charge on any atom is 0.263 e. The van der Waals surface area contributed by atoms with Gasteiger partial charge in [-0.05, 0) is 37.1 Å². The van der Waals surface area contributed by atoms with Gasteiger partial charge in [-0.3, -0.25) is 4.79 Å². The van der Waals surface area contributed by atoms with Gasteiger partial charge >= 0.3 is 0 Å². The lowest BCUT2D eigenvalue weighted by Gasteiger charge is -2.30. The Balaban J connectivity index is 2.03. The fraction of sp³-hybridized carbons (Fsp3) is 0.533. The average molecular weight is 298 g/mol. The number of aryl methyl sites for hydroxylation is 1. The highest BCUT2D eigenvalue weighted by molar-refractivity contribution is 6.31. The van der Waals surface area contributed by atoms with Gasteiger partial charge in [0.25, 0.3) is 5.91 Å². The van der Waals surface area contributed by atoms with Gasteiger partial charge in [0.2, 0.25) is 0 Å². The predicted molar refractivity (Wildman–Crippen MR) is 78.3 cm³/mol. The molecule has 20 heavy (non-hydrogen) atoms. The van der Waals surface area contributed by atoms with Gasteiger partial charge in [-0.25, -0.2) is 0 Å². The van der Waals surface area contributed by atoms with Gasteiger partial charge in [0, 0.05) is 18.1 Å². The summed E-state index contributed by atoms with van der Waals surface area (Å²) in [5.74, 6) is 0.712. The standard InChI is InChI=1S/C15H20ClNO3/c1-3-14(15(18)17-6-8-19-9-7-17)20-12-4-5-13(16)11(2)10-12/h4-5,10,14H,3,6-9H2,1-2H3/t14-/m1/s1. The summed E-state index contributed by atoms with van der Waals surface area (Å²) >= 11 is 5.99. The minimum atomic E-state index is -0.450. The van der Waals surface area contributed by atoms with Crippen molar-refractivity contribution in [2.45, 2.75) is 26.4 Å². The van der Waals surface area contributed by atoms with Gasteiger partial charge in [-0.2, -0.15) is 0 Å². The zero-order valence-corrected chi connectivity index (χ0v) is 12.7. The molecular weight excluding hydrogens is 278 g/mol. The summed E-state index contributed by atoms with van der Waals surface area (Å²) in [6, 6.07) is 5.44. The van der Waals surface area contributed by atoms with E-state index in [1.54, 1.807) is 17.0 Å². The van der Waals surface area contributed by atoms with Crippen LogP contribution in [-0.2, 0) is 9.53 Å². The Morgan fingerprint density at radius 2 is 2.15 bits per heavy atom. The van der Waals surface area contributed by atoms with Gasteiger partial charge in [-0.1, -0.05) is 18.5 Å². The molecule has 0 spiro atoms. The van der Waals surface area contributed by atoms with Crippen LogP contribution < -0.4 is 4.74 Å². The van der Waals surface area contributed by atoms with Crippen LogP contribution in [0.25, 0.3) is 0 Å². The first-order valence-corrected chi connectivity index (χ1v) is 7.29. The van der Waals surface area contributed by atoms with E-state index in [9.17, 15) is 4.79 Å².